The average Bonchev–Trinajstić information content (AvgIpc) is 2.85. The number of hydrogen-bond donors (Lipinski definition) is 1. The molecule has 1 N–H and O–H groups in total. The van der Waals surface area contributed by atoms with Gasteiger partial charge < -0.3 is 9.88 Å². The second-order valence-corrected chi connectivity index (χ2v) is 5.80. The lowest BCUT2D eigenvalue weighted by Crippen LogP contribution is -2.17. The van der Waals surface area contributed by atoms with E-state index in [0.29, 0.717) is 0 Å². The molecule has 0 amide bonds. The minimum Gasteiger partial charge on any atom is -0.352 e. The zero-order valence-corrected chi connectivity index (χ0v) is 12.4. The Morgan fingerprint density at radius 3 is 2.67 bits per heavy atom. The monoisotopic (exact) mass is 263 g/mol. The molecular weight excluding hydrogens is 242 g/mol. The maximum atomic E-state index is 4.47. The minimum atomic E-state index is 0.941. The average molecular weight is 263 g/mol. The third-order valence-corrected chi connectivity index (χ3v) is 4.24. The van der Waals surface area contributed by atoms with Crippen LogP contribution < -0.4 is 5.32 Å². The molecule has 2 rings (SSSR count). The Morgan fingerprint density at radius 2 is 2.11 bits per heavy atom. The summed E-state index contributed by atoms with van der Waals surface area (Å²) in [6, 6.07) is 2.26. The predicted octanol–water partition coefficient (Wildman–Crippen LogP) is 2.74. The van der Waals surface area contributed by atoms with Crippen molar-refractivity contribution < 1.29 is 0 Å². The Kier molecular flexibility index (Phi) is 4.19. The first-order valence-corrected chi connectivity index (χ1v) is 7.19. The van der Waals surface area contributed by atoms with E-state index in [9.17, 15) is 0 Å². The van der Waals surface area contributed by atoms with Crippen LogP contribution in [-0.2, 0) is 20.0 Å². The van der Waals surface area contributed by atoms with Crippen LogP contribution in [0.25, 0.3) is 0 Å². The first-order valence-electron chi connectivity index (χ1n) is 6.31. The van der Waals surface area contributed by atoms with Gasteiger partial charge in [-0.15, -0.1) is 11.3 Å². The van der Waals surface area contributed by atoms with Gasteiger partial charge in [0.25, 0.3) is 0 Å². The molecule has 0 aliphatic carbocycles. The molecule has 0 aliphatic heterocycles. The van der Waals surface area contributed by atoms with Gasteiger partial charge in [0.1, 0.15) is 0 Å². The lowest BCUT2D eigenvalue weighted by molar-refractivity contribution is 0.676. The van der Waals surface area contributed by atoms with Crippen LogP contribution >= 0.6 is 11.3 Å². The number of rotatable bonds is 5. The van der Waals surface area contributed by atoms with Crippen molar-refractivity contribution in [1.82, 2.24) is 14.9 Å². The Balaban J connectivity index is 1.80. The van der Waals surface area contributed by atoms with E-state index in [1.807, 2.05) is 0 Å². The molecule has 4 heteroatoms. The van der Waals surface area contributed by atoms with Gasteiger partial charge in [-0.3, -0.25) is 0 Å². The molecule has 3 nitrogen and oxygen atoms in total. The van der Waals surface area contributed by atoms with Gasteiger partial charge in [-0.25, -0.2) is 4.98 Å². The van der Waals surface area contributed by atoms with Crippen LogP contribution in [0.1, 0.15) is 27.7 Å². The standard InChI is InChI=1S/C14H21N3S/c1-10-7-13(11(2)17(10)4)8-15-6-5-14-9-18-12(3)16-14/h7,9,15H,5-6,8H2,1-4H3. The van der Waals surface area contributed by atoms with Crippen LogP contribution in [-0.4, -0.2) is 16.1 Å². The number of aryl methyl sites for hydroxylation is 2. The molecule has 0 atom stereocenters. The summed E-state index contributed by atoms with van der Waals surface area (Å²) in [5.41, 5.74) is 5.26. The fraction of sp³-hybridized carbons (Fsp3) is 0.500. The first-order chi connectivity index (χ1) is 8.58. The number of nitrogens with one attached hydrogen (secondary N) is 1. The van der Waals surface area contributed by atoms with Crippen LogP contribution in [0.2, 0.25) is 0 Å². The van der Waals surface area contributed by atoms with Gasteiger partial charge in [0, 0.05) is 43.3 Å². The van der Waals surface area contributed by atoms with Crippen molar-refractivity contribution in [3.8, 4) is 0 Å². The number of aromatic nitrogens is 2. The molecule has 98 valence electrons. The van der Waals surface area contributed by atoms with Crippen LogP contribution in [0.5, 0.6) is 0 Å². The van der Waals surface area contributed by atoms with Crippen molar-refractivity contribution in [2.24, 2.45) is 7.05 Å². The second-order valence-electron chi connectivity index (χ2n) is 4.74. The molecule has 0 aliphatic rings. The Labute approximate surface area is 113 Å². The molecule has 2 aromatic rings. The zero-order valence-electron chi connectivity index (χ0n) is 11.6. The molecular formula is C14H21N3S. The molecule has 2 aromatic heterocycles. The Hall–Kier alpha value is -1.13. The summed E-state index contributed by atoms with van der Waals surface area (Å²) in [6.07, 6.45) is 1.01. The van der Waals surface area contributed by atoms with Crippen LogP contribution in [0.3, 0.4) is 0 Å². The molecule has 18 heavy (non-hydrogen) atoms. The summed E-state index contributed by atoms with van der Waals surface area (Å²) < 4.78 is 2.24. The highest BCUT2D eigenvalue weighted by Crippen LogP contribution is 2.13. The molecule has 0 spiro atoms. The van der Waals surface area contributed by atoms with E-state index in [1.54, 1.807) is 11.3 Å². The summed E-state index contributed by atoms with van der Waals surface area (Å²) in [5.74, 6) is 0. The van der Waals surface area contributed by atoms with E-state index in [-0.39, 0.29) is 0 Å². The summed E-state index contributed by atoms with van der Waals surface area (Å²) in [5, 5.41) is 6.79. The van der Waals surface area contributed by atoms with E-state index < -0.39 is 0 Å². The Bertz CT molecular complexity index is 525. The highest BCUT2D eigenvalue weighted by molar-refractivity contribution is 7.09. The van der Waals surface area contributed by atoms with E-state index in [4.69, 9.17) is 0 Å². The van der Waals surface area contributed by atoms with E-state index in [2.05, 4.69) is 54.1 Å². The molecule has 0 bridgehead atoms. The van der Waals surface area contributed by atoms with Crippen molar-refractivity contribution in [2.75, 3.05) is 6.54 Å². The maximum absolute atomic E-state index is 4.47. The first kappa shape index (κ1) is 13.3. The van der Waals surface area contributed by atoms with E-state index in [0.717, 1.165) is 24.5 Å². The molecule has 2 heterocycles. The Morgan fingerprint density at radius 1 is 1.33 bits per heavy atom. The molecule has 0 unspecified atom stereocenters. The van der Waals surface area contributed by atoms with Crippen LogP contribution in [0.15, 0.2) is 11.4 Å². The fourth-order valence-corrected chi connectivity index (χ4v) is 2.72. The molecule has 0 saturated carbocycles. The summed E-state index contributed by atoms with van der Waals surface area (Å²) >= 11 is 1.72. The summed E-state index contributed by atoms with van der Waals surface area (Å²) in [4.78, 5) is 4.47. The highest BCUT2D eigenvalue weighted by atomic mass is 32.1. The van der Waals surface area contributed by atoms with Gasteiger partial charge in [-0.05, 0) is 32.4 Å². The number of thiazole rings is 1. The topological polar surface area (TPSA) is 29.9 Å². The van der Waals surface area contributed by atoms with Gasteiger partial charge in [0.2, 0.25) is 0 Å². The van der Waals surface area contributed by atoms with Gasteiger partial charge >= 0.3 is 0 Å². The predicted molar refractivity (Wildman–Crippen MR) is 77.1 cm³/mol. The highest BCUT2D eigenvalue weighted by Gasteiger charge is 2.05. The van der Waals surface area contributed by atoms with Gasteiger partial charge in [-0.1, -0.05) is 0 Å². The van der Waals surface area contributed by atoms with E-state index >= 15 is 0 Å². The van der Waals surface area contributed by atoms with Crippen molar-refractivity contribution in [3.63, 3.8) is 0 Å². The maximum Gasteiger partial charge on any atom is 0.0897 e. The van der Waals surface area contributed by atoms with Crippen molar-refractivity contribution in [2.45, 2.75) is 33.7 Å². The van der Waals surface area contributed by atoms with Gasteiger partial charge in [0.15, 0.2) is 0 Å². The van der Waals surface area contributed by atoms with E-state index in [1.165, 1.54) is 22.6 Å². The van der Waals surface area contributed by atoms with Crippen LogP contribution in [0.4, 0.5) is 0 Å². The second kappa shape index (κ2) is 5.67. The fourth-order valence-electron chi connectivity index (χ4n) is 2.07. The zero-order chi connectivity index (χ0) is 13.1. The number of nitrogens with zero attached hydrogens (tertiary/aromatic N) is 2. The van der Waals surface area contributed by atoms with Crippen molar-refractivity contribution in [3.05, 3.63) is 39.1 Å². The summed E-state index contributed by atoms with van der Waals surface area (Å²) in [7, 11) is 2.12. The lowest BCUT2D eigenvalue weighted by atomic mass is 10.2. The molecule has 0 fully saturated rings. The number of hydrogen-bond acceptors (Lipinski definition) is 3. The van der Waals surface area contributed by atoms with Gasteiger partial charge in [-0.2, -0.15) is 0 Å². The minimum absolute atomic E-state index is 0.941. The molecule has 0 saturated heterocycles. The third-order valence-electron chi connectivity index (χ3n) is 3.42. The normalized spacial score (nSPS) is 11.1. The lowest BCUT2D eigenvalue weighted by Gasteiger charge is -2.04. The largest absolute Gasteiger partial charge is 0.352 e. The van der Waals surface area contributed by atoms with Crippen molar-refractivity contribution >= 4 is 11.3 Å². The van der Waals surface area contributed by atoms with Crippen molar-refractivity contribution in [1.29, 1.82) is 0 Å². The SMILES string of the molecule is Cc1nc(CCNCc2cc(C)n(C)c2C)cs1. The molecule has 0 aromatic carbocycles. The quantitative estimate of drug-likeness (QED) is 0.841. The summed E-state index contributed by atoms with van der Waals surface area (Å²) in [6.45, 7) is 8.30. The molecule has 0 radical (unpaired) electrons. The third kappa shape index (κ3) is 3.00. The smallest absolute Gasteiger partial charge is 0.0897 e. The van der Waals surface area contributed by atoms with Crippen LogP contribution in [0, 0.1) is 20.8 Å². The van der Waals surface area contributed by atoms with Gasteiger partial charge in [0.05, 0.1) is 10.7 Å².